The number of rotatable bonds is 3. The Bertz CT molecular complexity index is 799. The van der Waals surface area contributed by atoms with Crippen LogP contribution in [0, 0.1) is 23.2 Å². The number of nitrogens with zero attached hydrogens (tertiary/aromatic N) is 2. The number of imidazole rings is 1. The summed E-state index contributed by atoms with van der Waals surface area (Å²) in [7, 11) is 0. The van der Waals surface area contributed by atoms with E-state index in [1.807, 2.05) is 24.3 Å². The molecule has 1 saturated carbocycles. The summed E-state index contributed by atoms with van der Waals surface area (Å²) in [5.74, 6) is 2.30. The number of hydrogen-bond donors (Lipinski definition) is 3. The summed E-state index contributed by atoms with van der Waals surface area (Å²) >= 11 is 0. The fourth-order valence-electron chi connectivity index (χ4n) is 4.61. The molecule has 5 heteroatoms. The molecule has 25 heavy (non-hydrogen) atoms. The second kappa shape index (κ2) is 6.89. The standard InChI is InChI=1S/C20H24N4O/c21-11-16(20-22-17-7-3-4-8-18(17)23-20)19(25)13-24-10-9-14-5-1-2-6-15(14)12-24/h3-4,7-8,14-15,25H,1-2,5-6,9-10,12-13H2,(H,22,23)/p+1/b19-16-/t14-,15-/m1/s1. The summed E-state index contributed by atoms with van der Waals surface area (Å²) in [6, 6.07) is 9.82. The number of fused-ring (bicyclic) bond motifs is 2. The summed E-state index contributed by atoms with van der Waals surface area (Å²) in [4.78, 5) is 9.00. The van der Waals surface area contributed by atoms with Crippen LogP contribution in [0.3, 0.4) is 0 Å². The zero-order chi connectivity index (χ0) is 17.2. The molecule has 3 N–H and O–H groups in total. The van der Waals surface area contributed by atoms with E-state index in [9.17, 15) is 10.4 Å². The molecule has 4 rings (SSSR count). The molecule has 0 radical (unpaired) electrons. The van der Waals surface area contributed by atoms with Crippen LogP contribution in [-0.4, -0.2) is 34.7 Å². The first-order chi connectivity index (χ1) is 12.2. The van der Waals surface area contributed by atoms with Crippen molar-refractivity contribution in [3.63, 3.8) is 0 Å². The van der Waals surface area contributed by atoms with Crippen LogP contribution in [-0.2, 0) is 0 Å². The lowest BCUT2D eigenvalue weighted by Gasteiger charge is -2.38. The fraction of sp³-hybridized carbons (Fsp3) is 0.500. The van der Waals surface area contributed by atoms with Gasteiger partial charge in [0.15, 0.2) is 11.6 Å². The van der Waals surface area contributed by atoms with Crippen LogP contribution in [0.5, 0.6) is 0 Å². The van der Waals surface area contributed by atoms with Gasteiger partial charge in [-0.3, -0.25) is 0 Å². The summed E-state index contributed by atoms with van der Waals surface area (Å²) in [6.07, 6.45) is 6.68. The van der Waals surface area contributed by atoms with Gasteiger partial charge in [0.05, 0.1) is 24.1 Å². The fourth-order valence-corrected chi connectivity index (χ4v) is 4.61. The van der Waals surface area contributed by atoms with Crippen molar-refractivity contribution in [2.45, 2.75) is 32.1 Å². The number of benzene rings is 1. The number of aliphatic hydroxyl groups excluding tert-OH is 1. The molecule has 0 spiro atoms. The Morgan fingerprint density at radius 3 is 2.84 bits per heavy atom. The molecule has 2 aliphatic rings. The van der Waals surface area contributed by atoms with Gasteiger partial charge < -0.3 is 15.0 Å². The van der Waals surface area contributed by atoms with Crippen molar-refractivity contribution in [2.24, 2.45) is 11.8 Å². The number of likely N-dealkylation sites (tertiary alicyclic amines) is 1. The van der Waals surface area contributed by atoms with E-state index in [1.165, 1.54) is 37.0 Å². The average molecular weight is 337 g/mol. The number of H-pyrrole nitrogens is 1. The smallest absolute Gasteiger partial charge is 0.169 e. The molecule has 1 aliphatic carbocycles. The topological polar surface area (TPSA) is 77.1 Å². The largest absolute Gasteiger partial charge is 0.506 e. The maximum absolute atomic E-state index is 10.6. The molecule has 5 nitrogen and oxygen atoms in total. The molecule has 1 saturated heterocycles. The third-order valence-corrected chi connectivity index (χ3v) is 5.93. The molecule has 3 atom stereocenters. The SMILES string of the molecule is N#C/C(=C(/O)C[NH+]1CC[C@H]2CCCC[C@@H]2C1)c1nc2ccccc2[nH]1. The minimum atomic E-state index is 0.158. The van der Waals surface area contributed by atoms with Crippen LogP contribution in [0.4, 0.5) is 0 Å². The quantitative estimate of drug-likeness (QED) is 0.595. The van der Waals surface area contributed by atoms with Crippen molar-refractivity contribution in [3.05, 3.63) is 35.8 Å². The van der Waals surface area contributed by atoms with Crippen molar-refractivity contribution in [1.82, 2.24) is 9.97 Å². The molecule has 2 aromatic rings. The Morgan fingerprint density at radius 1 is 1.24 bits per heavy atom. The Labute approximate surface area is 148 Å². The van der Waals surface area contributed by atoms with Gasteiger partial charge in [0.2, 0.25) is 0 Å². The molecular weight excluding hydrogens is 312 g/mol. The second-order valence-electron chi connectivity index (χ2n) is 7.51. The van der Waals surface area contributed by atoms with E-state index in [-0.39, 0.29) is 11.3 Å². The zero-order valence-corrected chi connectivity index (χ0v) is 14.5. The van der Waals surface area contributed by atoms with E-state index in [4.69, 9.17) is 0 Å². The van der Waals surface area contributed by atoms with E-state index < -0.39 is 0 Å². The van der Waals surface area contributed by atoms with E-state index in [0.29, 0.717) is 12.4 Å². The normalized spacial score (nSPS) is 27.4. The molecule has 0 amide bonds. The molecule has 130 valence electrons. The lowest BCUT2D eigenvalue weighted by molar-refractivity contribution is -0.907. The molecule has 0 bridgehead atoms. The highest BCUT2D eigenvalue weighted by molar-refractivity contribution is 5.82. The number of aliphatic hydroxyl groups is 1. The predicted molar refractivity (Wildman–Crippen MR) is 96.9 cm³/mol. The number of aromatic nitrogens is 2. The number of aromatic amines is 1. The Kier molecular flexibility index (Phi) is 4.46. The molecule has 1 unspecified atom stereocenters. The number of piperidine rings is 1. The van der Waals surface area contributed by atoms with Gasteiger partial charge in [-0.05, 0) is 37.3 Å². The zero-order valence-electron chi connectivity index (χ0n) is 14.5. The first kappa shape index (κ1) is 16.2. The van der Waals surface area contributed by atoms with Gasteiger partial charge in [0.25, 0.3) is 0 Å². The molecular formula is C20H25N4O+. The summed E-state index contributed by atoms with van der Waals surface area (Å²) in [6.45, 7) is 2.72. The average Bonchev–Trinajstić information content (AvgIpc) is 3.05. The van der Waals surface area contributed by atoms with E-state index in [1.54, 1.807) is 0 Å². The van der Waals surface area contributed by atoms with Crippen molar-refractivity contribution in [1.29, 1.82) is 5.26 Å². The number of nitriles is 1. The lowest BCUT2D eigenvalue weighted by Crippen LogP contribution is -3.14. The van der Waals surface area contributed by atoms with Gasteiger partial charge in [0, 0.05) is 5.92 Å². The van der Waals surface area contributed by atoms with Gasteiger partial charge in [0.1, 0.15) is 18.2 Å². The molecule has 1 aromatic heterocycles. The van der Waals surface area contributed by atoms with Gasteiger partial charge in [-0.25, -0.2) is 4.98 Å². The molecule has 1 aliphatic heterocycles. The second-order valence-corrected chi connectivity index (χ2v) is 7.51. The predicted octanol–water partition coefficient (Wildman–Crippen LogP) is 2.45. The highest BCUT2D eigenvalue weighted by Gasteiger charge is 2.34. The van der Waals surface area contributed by atoms with Crippen molar-refractivity contribution in [3.8, 4) is 6.07 Å². The van der Waals surface area contributed by atoms with Crippen molar-refractivity contribution in [2.75, 3.05) is 19.6 Å². The highest BCUT2D eigenvalue weighted by Crippen LogP contribution is 2.32. The number of allylic oxidation sites excluding steroid dienone is 1. The van der Waals surface area contributed by atoms with Crippen LogP contribution < -0.4 is 4.90 Å². The maximum atomic E-state index is 10.6. The summed E-state index contributed by atoms with van der Waals surface area (Å²) in [5.41, 5.74) is 1.97. The minimum absolute atomic E-state index is 0.158. The Hall–Kier alpha value is -2.32. The minimum Gasteiger partial charge on any atom is -0.506 e. The van der Waals surface area contributed by atoms with E-state index in [2.05, 4.69) is 16.0 Å². The first-order valence-corrected chi connectivity index (χ1v) is 9.35. The first-order valence-electron chi connectivity index (χ1n) is 9.35. The van der Waals surface area contributed by atoms with Crippen LogP contribution in [0.1, 0.15) is 37.9 Å². The number of para-hydroxylation sites is 2. The van der Waals surface area contributed by atoms with Gasteiger partial charge in [-0.1, -0.05) is 25.0 Å². The highest BCUT2D eigenvalue weighted by atomic mass is 16.3. The molecule has 2 heterocycles. The van der Waals surface area contributed by atoms with E-state index in [0.717, 1.165) is 36.0 Å². The van der Waals surface area contributed by atoms with Crippen molar-refractivity contribution < 1.29 is 10.0 Å². The third-order valence-electron chi connectivity index (χ3n) is 5.93. The van der Waals surface area contributed by atoms with Crippen molar-refractivity contribution >= 4 is 16.6 Å². The Morgan fingerprint density at radius 2 is 2.04 bits per heavy atom. The third kappa shape index (κ3) is 3.27. The van der Waals surface area contributed by atoms with Crippen LogP contribution in [0.25, 0.3) is 16.6 Å². The number of nitrogens with one attached hydrogen (secondary N) is 2. The number of hydrogen-bond acceptors (Lipinski definition) is 3. The summed E-state index contributed by atoms with van der Waals surface area (Å²) < 4.78 is 0. The van der Waals surface area contributed by atoms with Gasteiger partial charge >= 0.3 is 0 Å². The summed E-state index contributed by atoms with van der Waals surface area (Å²) in [5, 5.41) is 20.2. The van der Waals surface area contributed by atoms with Gasteiger partial charge in [-0.15, -0.1) is 0 Å². The molecule has 1 aromatic carbocycles. The monoisotopic (exact) mass is 337 g/mol. The van der Waals surface area contributed by atoms with Crippen LogP contribution in [0.2, 0.25) is 0 Å². The van der Waals surface area contributed by atoms with Crippen LogP contribution in [0.15, 0.2) is 30.0 Å². The van der Waals surface area contributed by atoms with Crippen LogP contribution >= 0.6 is 0 Å². The molecule has 2 fully saturated rings. The van der Waals surface area contributed by atoms with Gasteiger partial charge in [-0.2, -0.15) is 5.26 Å². The Balaban J connectivity index is 1.52. The lowest BCUT2D eigenvalue weighted by atomic mass is 9.75. The maximum Gasteiger partial charge on any atom is 0.169 e. The van der Waals surface area contributed by atoms with E-state index >= 15 is 0 Å². The number of quaternary nitrogens is 1.